The van der Waals surface area contributed by atoms with Crippen LogP contribution in [0.1, 0.15) is 233 Å². The Morgan fingerprint density at radius 2 is 0.923 bits per heavy atom. The molecule has 0 rings (SSSR count). The second kappa shape index (κ2) is 40.5. The molecule has 3 unspecified atom stereocenters. The molecule has 0 fully saturated rings. The minimum Gasteiger partial charge on any atom is -0.462 e. The maximum Gasteiger partial charge on any atom is 0.306 e. The van der Waals surface area contributed by atoms with Crippen LogP contribution < -0.4 is 5.32 Å². The highest BCUT2D eigenvalue weighted by Crippen LogP contribution is 2.17. The van der Waals surface area contributed by atoms with Gasteiger partial charge >= 0.3 is 5.97 Å². The lowest BCUT2D eigenvalue weighted by molar-refractivity contribution is -0.151. The Morgan fingerprint density at radius 1 is 0.538 bits per heavy atom. The molecule has 0 aliphatic rings. The number of aliphatic hydroxyl groups is 2. The molecule has 0 aromatic rings. The first kappa shape index (κ1) is 50.3. The number of allylic oxidation sites excluding steroid dienone is 4. The smallest absolute Gasteiger partial charge is 0.306 e. The van der Waals surface area contributed by atoms with Crippen molar-refractivity contribution >= 4 is 11.9 Å². The molecule has 0 spiro atoms. The van der Waals surface area contributed by atoms with Crippen LogP contribution in [-0.2, 0) is 14.3 Å². The van der Waals surface area contributed by atoms with Crippen molar-refractivity contribution in [2.75, 3.05) is 6.61 Å². The summed E-state index contributed by atoms with van der Waals surface area (Å²) in [5.41, 5.74) is 0. The number of ether oxygens (including phenoxy) is 1. The molecule has 306 valence electrons. The highest BCUT2D eigenvalue weighted by molar-refractivity contribution is 5.77. The molecule has 1 amide bonds. The number of hydrogen-bond acceptors (Lipinski definition) is 5. The van der Waals surface area contributed by atoms with Crippen LogP contribution in [0.4, 0.5) is 0 Å². The zero-order valence-corrected chi connectivity index (χ0v) is 34.7. The van der Waals surface area contributed by atoms with Gasteiger partial charge in [0.05, 0.1) is 25.2 Å². The topological polar surface area (TPSA) is 95.9 Å². The Hall–Kier alpha value is -1.66. The standard InChI is InChI=1S/C46H87NO5/c1-4-7-10-13-16-19-21-22-23-24-27-30-33-36-39-46(51)52-42(37-34-31-28-26-20-17-14-11-8-5-2)40-45(50)47-43(41-48)44(49)38-35-32-29-25-18-15-12-9-6-3/h17,20,23-24,42-44,48-49H,4-16,18-19,21-22,25-41H2,1-3H3,(H,47,50)/b20-17-,24-23-. The molecular formula is C46H87NO5. The van der Waals surface area contributed by atoms with E-state index in [1.165, 1.54) is 109 Å². The Bertz CT molecular complexity index is 828. The maximum atomic E-state index is 13.1. The van der Waals surface area contributed by atoms with Gasteiger partial charge in [-0.1, -0.05) is 167 Å². The van der Waals surface area contributed by atoms with E-state index >= 15 is 0 Å². The van der Waals surface area contributed by atoms with Crippen molar-refractivity contribution in [3.63, 3.8) is 0 Å². The summed E-state index contributed by atoms with van der Waals surface area (Å²) in [6.45, 7) is 6.41. The van der Waals surface area contributed by atoms with E-state index in [0.29, 0.717) is 19.3 Å². The zero-order valence-electron chi connectivity index (χ0n) is 34.7. The van der Waals surface area contributed by atoms with Crippen molar-refractivity contribution in [1.82, 2.24) is 5.32 Å². The molecule has 6 nitrogen and oxygen atoms in total. The Morgan fingerprint density at radius 3 is 1.42 bits per heavy atom. The third-order valence-corrected chi connectivity index (χ3v) is 10.3. The van der Waals surface area contributed by atoms with E-state index in [9.17, 15) is 19.8 Å². The quantitative estimate of drug-likeness (QED) is 0.0331. The summed E-state index contributed by atoms with van der Waals surface area (Å²) in [7, 11) is 0. The minimum absolute atomic E-state index is 0.0634. The normalized spacial score (nSPS) is 13.6. The first-order valence-electron chi connectivity index (χ1n) is 22.6. The molecule has 0 aromatic heterocycles. The summed E-state index contributed by atoms with van der Waals surface area (Å²) in [5, 5.41) is 23.5. The number of carbonyl (C=O) groups excluding carboxylic acids is 2. The predicted octanol–water partition coefficient (Wildman–Crippen LogP) is 12.8. The van der Waals surface area contributed by atoms with Crippen LogP contribution in [0.15, 0.2) is 24.3 Å². The van der Waals surface area contributed by atoms with Crippen molar-refractivity contribution < 1.29 is 24.5 Å². The van der Waals surface area contributed by atoms with Gasteiger partial charge in [0.25, 0.3) is 0 Å². The molecule has 0 aliphatic heterocycles. The van der Waals surface area contributed by atoms with Crippen LogP contribution in [0, 0.1) is 0 Å². The lowest BCUT2D eigenvalue weighted by Gasteiger charge is -2.24. The SMILES string of the molecule is CCCCC/C=C\CCCCCC(CC(=O)NC(CO)C(O)CCCCCCCCCCC)OC(=O)CCCCC/C=C\CCCCCCCCC. The van der Waals surface area contributed by atoms with Gasteiger partial charge in [-0.15, -0.1) is 0 Å². The largest absolute Gasteiger partial charge is 0.462 e. The molecule has 0 aromatic carbocycles. The monoisotopic (exact) mass is 734 g/mol. The van der Waals surface area contributed by atoms with Gasteiger partial charge in [-0.25, -0.2) is 0 Å². The summed E-state index contributed by atoms with van der Waals surface area (Å²) >= 11 is 0. The first-order valence-corrected chi connectivity index (χ1v) is 22.6. The summed E-state index contributed by atoms with van der Waals surface area (Å²) in [6, 6.07) is -0.702. The van der Waals surface area contributed by atoms with E-state index in [0.717, 1.165) is 77.0 Å². The van der Waals surface area contributed by atoms with Crippen LogP contribution in [0.5, 0.6) is 0 Å². The average molecular weight is 734 g/mol. The van der Waals surface area contributed by atoms with Crippen molar-refractivity contribution in [1.29, 1.82) is 0 Å². The Labute approximate surface area is 322 Å². The van der Waals surface area contributed by atoms with Crippen molar-refractivity contribution in [3.8, 4) is 0 Å². The van der Waals surface area contributed by atoms with Crippen molar-refractivity contribution in [2.45, 2.75) is 251 Å². The van der Waals surface area contributed by atoms with Gasteiger partial charge in [-0.3, -0.25) is 9.59 Å². The van der Waals surface area contributed by atoms with E-state index < -0.39 is 18.2 Å². The fraction of sp³-hybridized carbons (Fsp3) is 0.870. The number of nitrogens with one attached hydrogen (secondary N) is 1. The number of carbonyl (C=O) groups is 2. The zero-order chi connectivity index (χ0) is 38.2. The lowest BCUT2D eigenvalue weighted by atomic mass is 10.0. The van der Waals surface area contributed by atoms with Crippen molar-refractivity contribution in [3.05, 3.63) is 24.3 Å². The molecule has 0 radical (unpaired) electrons. The third-order valence-electron chi connectivity index (χ3n) is 10.3. The van der Waals surface area contributed by atoms with E-state index in [1.54, 1.807) is 0 Å². The van der Waals surface area contributed by atoms with Gasteiger partial charge in [0, 0.05) is 6.42 Å². The second-order valence-electron chi connectivity index (χ2n) is 15.4. The van der Waals surface area contributed by atoms with Gasteiger partial charge in [0.2, 0.25) is 5.91 Å². The lowest BCUT2D eigenvalue weighted by Crippen LogP contribution is -2.46. The molecule has 3 atom stereocenters. The van der Waals surface area contributed by atoms with Crippen LogP contribution in [0.25, 0.3) is 0 Å². The average Bonchev–Trinajstić information content (AvgIpc) is 3.13. The highest BCUT2D eigenvalue weighted by Gasteiger charge is 2.24. The number of unbranched alkanes of at least 4 members (excludes halogenated alkanes) is 24. The van der Waals surface area contributed by atoms with Gasteiger partial charge < -0.3 is 20.3 Å². The molecule has 0 aliphatic carbocycles. The third kappa shape index (κ3) is 35.4. The molecule has 0 saturated carbocycles. The van der Waals surface area contributed by atoms with Crippen molar-refractivity contribution in [2.24, 2.45) is 0 Å². The van der Waals surface area contributed by atoms with Crippen LogP contribution in [0.3, 0.4) is 0 Å². The predicted molar refractivity (Wildman–Crippen MR) is 223 cm³/mol. The molecule has 52 heavy (non-hydrogen) atoms. The maximum absolute atomic E-state index is 13.1. The fourth-order valence-corrected chi connectivity index (χ4v) is 6.77. The number of esters is 1. The molecule has 0 saturated heterocycles. The van der Waals surface area contributed by atoms with Crippen LogP contribution >= 0.6 is 0 Å². The second-order valence-corrected chi connectivity index (χ2v) is 15.4. The summed E-state index contributed by atoms with van der Waals surface area (Å²) in [6.07, 6.45) is 43.8. The first-order chi connectivity index (χ1) is 25.5. The highest BCUT2D eigenvalue weighted by atomic mass is 16.5. The fourth-order valence-electron chi connectivity index (χ4n) is 6.77. The summed E-state index contributed by atoms with van der Waals surface area (Å²) in [5.74, 6) is -0.507. The number of aliphatic hydroxyl groups excluding tert-OH is 2. The van der Waals surface area contributed by atoms with E-state index in [4.69, 9.17) is 4.74 Å². The minimum atomic E-state index is -0.787. The van der Waals surface area contributed by atoms with Crippen LogP contribution in [-0.4, -0.2) is 46.9 Å². The van der Waals surface area contributed by atoms with E-state index in [2.05, 4.69) is 50.4 Å². The summed E-state index contributed by atoms with van der Waals surface area (Å²) < 4.78 is 5.87. The molecule has 6 heteroatoms. The van der Waals surface area contributed by atoms with Gasteiger partial charge in [0.15, 0.2) is 0 Å². The van der Waals surface area contributed by atoms with E-state index in [-0.39, 0.29) is 24.9 Å². The number of hydrogen-bond donors (Lipinski definition) is 3. The Balaban J connectivity index is 4.59. The number of amides is 1. The van der Waals surface area contributed by atoms with Gasteiger partial charge in [0.1, 0.15) is 6.10 Å². The molecule has 3 N–H and O–H groups in total. The van der Waals surface area contributed by atoms with Crippen LogP contribution in [0.2, 0.25) is 0 Å². The van der Waals surface area contributed by atoms with Gasteiger partial charge in [-0.05, 0) is 77.0 Å². The molecular weight excluding hydrogens is 647 g/mol. The Kier molecular flexibility index (Phi) is 39.2. The molecule has 0 heterocycles. The van der Waals surface area contributed by atoms with Gasteiger partial charge in [-0.2, -0.15) is 0 Å². The number of rotatable bonds is 40. The summed E-state index contributed by atoms with van der Waals surface area (Å²) in [4.78, 5) is 25.9. The van der Waals surface area contributed by atoms with E-state index in [1.807, 2.05) is 0 Å². The molecule has 0 bridgehead atoms.